The first-order chi connectivity index (χ1) is 9.73. The van der Waals surface area contributed by atoms with Crippen LogP contribution in [0.4, 0.5) is 29.3 Å². The molecule has 1 aromatic carbocycles. The lowest BCUT2D eigenvalue weighted by Crippen LogP contribution is -2.30. The lowest BCUT2D eigenvalue weighted by Gasteiger charge is -2.27. The van der Waals surface area contributed by atoms with E-state index in [0.717, 1.165) is 12.2 Å². The fourth-order valence-electron chi connectivity index (χ4n) is 1.88. The fourth-order valence-corrected chi connectivity index (χ4v) is 1.88. The summed E-state index contributed by atoms with van der Waals surface area (Å²) in [6.07, 6.45) is -5.66. The number of rotatable bonds is 5. The second kappa shape index (κ2) is 7.19. The number of nitrogens with one attached hydrogen (secondary N) is 1. The van der Waals surface area contributed by atoms with Gasteiger partial charge in [0.15, 0.2) is 6.61 Å². The standard InChI is InChI=1S/C14H19F3N2O2/c1-4-19(10(2)3)12-7-5-11(6-8-12)18-13(20)21-9-14(15,16)17/h5-8,10H,4,9H2,1-3H3,(H,18,20). The van der Waals surface area contributed by atoms with Crippen molar-refractivity contribution in [3.63, 3.8) is 0 Å². The molecule has 7 heteroatoms. The first-order valence-corrected chi connectivity index (χ1v) is 6.60. The number of carbonyl (C=O) groups is 1. The van der Waals surface area contributed by atoms with Gasteiger partial charge in [-0.15, -0.1) is 0 Å². The highest BCUT2D eigenvalue weighted by Crippen LogP contribution is 2.20. The van der Waals surface area contributed by atoms with Crippen LogP contribution in [0.1, 0.15) is 20.8 Å². The molecule has 0 radical (unpaired) electrons. The van der Waals surface area contributed by atoms with E-state index in [9.17, 15) is 18.0 Å². The Labute approximate surface area is 121 Å². The third-order valence-corrected chi connectivity index (χ3v) is 2.78. The average molecular weight is 304 g/mol. The molecule has 118 valence electrons. The molecule has 0 atom stereocenters. The van der Waals surface area contributed by atoms with Crippen LogP contribution in [0, 0.1) is 0 Å². The third kappa shape index (κ3) is 5.93. The van der Waals surface area contributed by atoms with E-state index in [2.05, 4.69) is 28.8 Å². The third-order valence-electron chi connectivity index (χ3n) is 2.78. The van der Waals surface area contributed by atoms with Crippen LogP contribution in [0.25, 0.3) is 0 Å². The van der Waals surface area contributed by atoms with E-state index in [1.807, 2.05) is 6.92 Å². The highest BCUT2D eigenvalue weighted by Gasteiger charge is 2.29. The molecule has 0 saturated heterocycles. The van der Waals surface area contributed by atoms with Crippen LogP contribution < -0.4 is 10.2 Å². The van der Waals surface area contributed by atoms with E-state index in [1.165, 1.54) is 0 Å². The molecule has 21 heavy (non-hydrogen) atoms. The minimum Gasteiger partial charge on any atom is -0.440 e. The number of anilines is 2. The summed E-state index contributed by atoms with van der Waals surface area (Å²) < 4.78 is 39.8. The lowest BCUT2D eigenvalue weighted by atomic mass is 10.2. The molecule has 0 heterocycles. The zero-order valence-electron chi connectivity index (χ0n) is 12.2. The van der Waals surface area contributed by atoms with Crippen molar-refractivity contribution in [2.45, 2.75) is 33.0 Å². The first-order valence-electron chi connectivity index (χ1n) is 6.60. The van der Waals surface area contributed by atoms with Crippen molar-refractivity contribution >= 4 is 17.5 Å². The molecule has 0 bridgehead atoms. The minimum atomic E-state index is -4.53. The number of hydrogen-bond donors (Lipinski definition) is 1. The second-order valence-electron chi connectivity index (χ2n) is 4.74. The lowest BCUT2D eigenvalue weighted by molar-refractivity contribution is -0.159. The molecule has 1 N–H and O–H groups in total. The van der Waals surface area contributed by atoms with Gasteiger partial charge in [-0.2, -0.15) is 13.2 Å². The van der Waals surface area contributed by atoms with Gasteiger partial charge in [0.1, 0.15) is 0 Å². The van der Waals surface area contributed by atoms with Crippen molar-refractivity contribution in [3.05, 3.63) is 24.3 Å². The number of ether oxygens (including phenoxy) is 1. The van der Waals surface area contributed by atoms with Crippen LogP contribution in [-0.4, -0.2) is 31.5 Å². The highest BCUT2D eigenvalue weighted by molar-refractivity contribution is 5.84. The number of amides is 1. The molecule has 0 aliphatic heterocycles. The number of nitrogens with zero attached hydrogens (tertiary/aromatic N) is 1. The topological polar surface area (TPSA) is 41.6 Å². The fraction of sp³-hybridized carbons (Fsp3) is 0.500. The Morgan fingerprint density at radius 3 is 2.29 bits per heavy atom. The quantitative estimate of drug-likeness (QED) is 0.893. The molecule has 0 unspecified atom stereocenters. The molecule has 0 fully saturated rings. The monoisotopic (exact) mass is 304 g/mol. The maximum atomic E-state index is 11.9. The molecule has 1 amide bonds. The predicted octanol–water partition coefficient (Wildman–Crippen LogP) is 4.03. The molecule has 1 rings (SSSR count). The van der Waals surface area contributed by atoms with Gasteiger partial charge in [-0.05, 0) is 45.0 Å². The summed E-state index contributed by atoms with van der Waals surface area (Å²) in [5, 5.41) is 2.25. The molecule has 0 aliphatic carbocycles. The smallest absolute Gasteiger partial charge is 0.422 e. The van der Waals surface area contributed by atoms with Crippen molar-refractivity contribution in [1.82, 2.24) is 0 Å². The van der Waals surface area contributed by atoms with Gasteiger partial charge in [0.2, 0.25) is 0 Å². The Hall–Kier alpha value is -1.92. The molecule has 0 aliphatic rings. The number of benzene rings is 1. The Morgan fingerprint density at radius 2 is 1.86 bits per heavy atom. The summed E-state index contributed by atoms with van der Waals surface area (Å²) in [4.78, 5) is 13.3. The molecule has 4 nitrogen and oxygen atoms in total. The predicted molar refractivity (Wildman–Crippen MR) is 75.6 cm³/mol. The van der Waals surface area contributed by atoms with E-state index in [0.29, 0.717) is 11.7 Å². The Kier molecular flexibility index (Phi) is 5.87. The first kappa shape index (κ1) is 17.1. The number of halogens is 3. The summed E-state index contributed by atoms with van der Waals surface area (Å²) in [7, 11) is 0. The zero-order chi connectivity index (χ0) is 16.0. The molecule has 0 saturated carbocycles. The van der Waals surface area contributed by atoms with Gasteiger partial charge in [-0.1, -0.05) is 0 Å². The number of carbonyl (C=O) groups excluding carboxylic acids is 1. The molecule has 0 spiro atoms. The number of alkyl halides is 3. The van der Waals surface area contributed by atoms with Crippen molar-refractivity contribution < 1.29 is 22.7 Å². The minimum absolute atomic E-state index is 0.325. The van der Waals surface area contributed by atoms with Crippen molar-refractivity contribution in [3.8, 4) is 0 Å². The molecular formula is C14H19F3N2O2. The van der Waals surface area contributed by atoms with Crippen molar-refractivity contribution in [2.75, 3.05) is 23.4 Å². The Balaban J connectivity index is 2.60. The van der Waals surface area contributed by atoms with E-state index >= 15 is 0 Å². The Morgan fingerprint density at radius 1 is 1.29 bits per heavy atom. The van der Waals surface area contributed by atoms with Crippen LogP contribution in [0.15, 0.2) is 24.3 Å². The van der Waals surface area contributed by atoms with Crippen LogP contribution >= 0.6 is 0 Å². The van der Waals surface area contributed by atoms with Gasteiger partial charge in [0, 0.05) is 24.0 Å². The van der Waals surface area contributed by atoms with Crippen LogP contribution in [0.3, 0.4) is 0 Å². The number of hydrogen-bond acceptors (Lipinski definition) is 3. The maximum Gasteiger partial charge on any atom is 0.422 e. The summed E-state index contributed by atoms with van der Waals surface area (Å²) in [6, 6.07) is 7.15. The van der Waals surface area contributed by atoms with Crippen LogP contribution in [0.5, 0.6) is 0 Å². The molecule has 1 aromatic rings. The van der Waals surface area contributed by atoms with Gasteiger partial charge in [-0.3, -0.25) is 5.32 Å². The van der Waals surface area contributed by atoms with Crippen molar-refractivity contribution in [1.29, 1.82) is 0 Å². The zero-order valence-corrected chi connectivity index (χ0v) is 12.2. The maximum absolute atomic E-state index is 11.9. The van der Waals surface area contributed by atoms with Crippen LogP contribution in [-0.2, 0) is 4.74 Å². The van der Waals surface area contributed by atoms with E-state index in [-0.39, 0.29) is 0 Å². The van der Waals surface area contributed by atoms with Gasteiger partial charge >= 0.3 is 12.3 Å². The van der Waals surface area contributed by atoms with Gasteiger partial charge < -0.3 is 9.64 Å². The Bertz CT molecular complexity index is 458. The van der Waals surface area contributed by atoms with E-state index in [4.69, 9.17) is 0 Å². The SMILES string of the molecule is CCN(c1ccc(NC(=O)OCC(F)(F)F)cc1)C(C)C. The summed E-state index contributed by atoms with van der Waals surface area (Å²) in [5.41, 5.74) is 1.35. The van der Waals surface area contributed by atoms with Crippen LogP contribution in [0.2, 0.25) is 0 Å². The highest BCUT2D eigenvalue weighted by atomic mass is 19.4. The second-order valence-corrected chi connectivity index (χ2v) is 4.74. The van der Waals surface area contributed by atoms with Crippen molar-refractivity contribution in [2.24, 2.45) is 0 Å². The van der Waals surface area contributed by atoms with E-state index in [1.54, 1.807) is 24.3 Å². The largest absolute Gasteiger partial charge is 0.440 e. The summed E-state index contributed by atoms with van der Waals surface area (Å²) >= 11 is 0. The van der Waals surface area contributed by atoms with E-state index < -0.39 is 18.9 Å². The summed E-state index contributed by atoms with van der Waals surface area (Å²) in [6.45, 7) is 5.38. The summed E-state index contributed by atoms with van der Waals surface area (Å²) in [5.74, 6) is 0. The molecular weight excluding hydrogens is 285 g/mol. The van der Waals surface area contributed by atoms with Gasteiger partial charge in [-0.25, -0.2) is 4.79 Å². The normalized spacial score (nSPS) is 11.4. The van der Waals surface area contributed by atoms with Gasteiger partial charge in [0.05, 0.1) is 0 Å². The van der Waals surface area contributed by atoms with Gasteiger partial charge in [0.25, 0.3) is 0 Å². The average Bonchev–Trinajstić information content (AvgIpc) is 2.38. The molecule has 0 aromatic heterocycles.